The number of ether oxygens (including phenoxy) is 1. The highest BCUT2D eigenvalue weighted by atomic mass is 16.5. The zero-order chi connectivity index (χ0) is 19.8. The fourth-order valence-corrected chi connectivity index (χ4v) is 2.59. The molecule has 0 spiro atoms. The van der Waals surface area contributed by atoms with Crippen molar-refractivity contribution in [2.24, 2.45) is 0 Å². The van der Waals surface area contributed by atoms with Crippen molar-refractivity contribution in [2.45, 2.75) is 13.1 Å². The third-order valence-electron chi connectivity index (χ3n) is 4.22. The molecule has 0 bridgehead atoms. The number of nitrogens with zero attached hydrogens (tertiary/aromatic N) is 1. The molecule has 3 aromatic rings. The van der Waals surface area contributed by atoms with E-state index in [1.165, 1.54) is 0 Å². The van der Waals surface area contributed by atoms with Crippen LogP contribution >= 0.6 is 0 Å². The number of hydrogen-bond acceptors (Lipinski definition) is 4. The predicted molar refractivity (Wildman–Crippen MR) is 106 cm³/mol. The van der Waals surface area contributed by atoms with Crippen molar-refractivity contribution in [3.63, 3.8) is 0 Å². The van der Waals surface area contributed by atoms with Crippen molar-refractivity contribution in [3.05, 3.63) is 95.3 Å². The van der Waals surface area contributed by atoms with Crippen LogP contribution in [-0.4, -0.2) is 23.9 Å². The fraction of sp³-hybridized carbons (Fsp3) is 0.136. The quantitative estimate of drug-likeness (QED) is 0.665. The van der Waals surface area contributed by atoms with Crippen molar-refractivity contribution in [2.75, 3.05) is 7.11 Å². The minimum atomic E-state index is -0.195. The number of benzene rings is 2. The van der Waals surface area contributed by atoms with E-state index in [4.69, 9.17) is 4.74 Å². The maximum Gasteiger partial charge on any atom is 0.251 e. The smallest absolute Gasteiger partial charge is 0.251 e. The van der Waals surface area contributed by atoms with E-state index in [-0.39, 0.29) is 11.8 Å². The molecular formula is C22H21N3O3. The standard InChI is InChI=1S/C22H21N3O3/c1-28-20-8-2-16(3-9-20)14-24-21(26)18-4-6-19(7-5-18)22(27)25-15-17-10-12-23-13-11-17/h2-13H,14-15H2,1H3,(H,24,26)(H,25,27). The molecular weight excluding hydrogens is 354 g/mol. The number of methoxy groups -OCH3 is 1. The highest BCUT2D eigenvalue weighted by Crippen LogP contribution is 2.11. The summed E-state index contributed by atoms with van der Waals surface area (Å²) in [6.07, 6.45) is 3.36. The van der Waals surface area contributed by atoms with Gasteiger partial charge < -0.3 is 15.4 Å². The van der Waals surface area contributed by atoms with Gasteiger partial charge in [0.25, 0.3) is 11.8 Å². The molecule has 1 aromatic heterocycles. The number of rotatable bonds is 7. The molecule has 0 aliphatic rings. The molecule has 0 saturated carbocycles. The monoisotopic (exact) mass is 375 g/mol. The van der Waals surface area contributed by atoms with E-state index in [1.807, 2.05) is 36.4 Å². The van der Waals surface area contributed by atoms with Crippen LogP contribution in [0.25, 0.3) is 0 Å². The van der Waals surface area contributed by atoms with Gasteiger partial charge in [0.2, 0.25) is 0 Å². The third kappa shape index (κ3) is 5.17. The van der Waals surface area contributed by atoms with Crippen molar-refractivity contribution < 1.29 is 14.3 Å². The summed E-state index contributed by atoms with van der Waals surface area (Å²) in [4.78, 5) is 28.5. The zero-order valence-corrected chi connectivity index (χ0v) is 15.5. The first kappa shape index (κ1) is 19.1. The van der Waals surface area contributed by atoms with Gasteiger partial charge in [0.15, 0.2) is 0 Å². The second-order valence-corrected chi connectivity index (χ2v) is 6.15. The molecule has 0 atom stereocenters. The molecule has 6 heteroatoms. The van der Waals surface area contributed by atoms with Gasteiger partial charge in [0.1, 0.15) is 5.75 Å². The maximum absolute atomic E-state index is 12.3. The Kier molecular flexibility index (Phi) is 6.36. The van der Waals surface area contributed by atoms with E-state index in [9.17, 15) is 9.59 Å². The van der Waals surface area contributed by atoms with Crippen molar-refractivity contribution in [1.82, 2.24) is 15.6 Å². The molecule has 3 rings (SSSR count). The minimum Gasteiger partial charge on any atom is -0.497 e. The average Bonchev–Trinajstić information content (AvgIpc) is 2.77. The van der Waals surface area contributed by atoms with Crippen LogP contribution in [0.4, 0.5) is 0 Å². The van der Waals surface area contributed by atoms with Crippen LogP contribution in [0, 0.1) is 0 Å². The van der Waals surface area contributed by atoms with Gasteiger partial charge in [0, 0.05) is 36.6 Å². The normalized spacial score (nSPS) is 10.2. The summed E-state index contributed by atoms with van der Waals surface area (Å²) in [5, 5.41) is 5.70. The SMILES string of the molecule is COc1ccc(CNC(=O)c2ccc(C(=O)NCc3ccncc3)cc2)cc1. The Morgan fingerprint density at radius 2 is 1.21 bits per heavy atom. The Labute approximate surface area is 163 Å². The highest BCUT2D eigenvalue weighted by molar-refractivity contribution is 5.97. The fourth-order valence-electron chi connectivity index (χ4n) is 2.59. The summed E-state index contributed by atoms with van der Waals surface area (Å²) in [5.74, 6) is 0.384. The van der Waals surface area contributed by atoms with Gasteiger partial charge in [-0.1, -0.05) is 12.1 Å². The van der Waals surface area contributed by atoms with Crippen LogP contribution in [0.1, 0.15) is 31.8 Å². The first-order valence-electron chi connectivity index (χ1n) is 8.84. The van der Waals surface area contributed by atoms with E-state index in [2.05, 4.69) is 15.6 Å². The lowest BCUT2D eigenvalue weighted by Gasteiger charge is -2.08. The summed E-state index contributed by atoms with van der Waals surface area (Å²) >= 11 is 0. The Balaban J connectivity index is 1.52. The van der Waals surface area contributed by atoms with Gasteiger partial charge in [-0.2, -0.15) is 0 Å². The van der Waals surface area contributed by atoms with Gasteiger partial charge in [-0.25, -0.2) is 0 Å². The summed E-state index contributed by atoms with van der Waals surface area (Å²) < 4.78 is 5.11. The number of pyridine rings is 1. The van der Waals surface area contributed by atoms with Crippen LogP contribution in [0.3, 0.4) is 0 Å². The lowest BCUT2D eigenvalue weighted by atomic mass is 10.1. The number of aromatic nitrogens is 1. The summed E-state index contributed by atoms with van der Waals surface area (Å²) in [6, 6.07) is 17.8. The number of hydrogen-bond donors (Lipinski definition) is 2. The largest absolute Gasteiger partial charge is 0.497 e. The Morgan fingerprint density at radius 3 is 1.68 bits per heavy atom. The molecule has 2 aromatic carbocycles. The van der Waals surface area contributed by atoms with Gasteiger partial charge in [-0.15, -0.1) is 0 Å². The molecule has 1 heterocycles. The second kappa shape index (κ2) is 9.32. The first-order chi connectivity index (χ1) is 13.7. The van der Waals surface area contributed by atoms with Crippen LogP contribution in [0.15, 0.2) is 73.1 Å². The van der Waals surface area contributed by atoms with E-state index < -0.39 is 0 Å². The Bertz CT molecular complexity index is 924. The second-order valence-electron chi connectivity index (χ2n) is 6.15. The van der Waals surface area contributed by atoms with E-state index in [0.717, 1.165) is 16.9 Å². The lowest BCUT2D eigenvalue weighted by molar-refractivity contribution is 0.0939. The van der Waals surface area contributed by atoms with E-state index in [0.29, 0.717) is 24.2 Å². The molecule has 0 aliphatic carbocycles. The summed E-state index contributed by atoms with van der Waals surface area (Å²) in [6.45, 7) is 0.836. The Morgan fingerprint density at radius 1 is 0.750 bits per heavy atom. The number of carbonyl (C=O) groups excluding carboxylic acids is 2. The molecule has 0 aliphatic heterocycles. The molecule has 2 N–H and O–H groups in total. The van der Waals surface area contributed by atoms with E-state index >= 15 is 0 Å². The van der Waals surface area contributed by atoms with Gasteiger partial charge in [0.05, 0.1) is 7.11 Å². The van der Waals surface area contributed by atoms with Crippen molar-refractivity contribution in [1.29, 1.82) is 0 Å². The van der Waals surface area contributed by atoms with Crippen molar-refractivity contribution >= 4 is 11.8 Å². The molecule has 0 saturated heterocycles. The lowest BCUT2D eigenvalue weighted by Crippen LogP contribution is -2.24. The van der Waals surface area contributed by atoms with Gasteiger partial charge in [-0.05, 0) is 59.7 Å². The first-order valence-corrected chi connectivity index (χ1v) is 8.84. The number of nitrogens with one attached hydrogen (secondary N) is 2. The average molecular weight is 375 g/mol. The van der Waals surface area contributed by atoms with Gasteiger partial charge >= 0.3 is 0 Å². The van der Waals surface area contributed by atoms with Crippen LogP contribution in [0.5, 0.6) is 5.75 Å². The zero-order valence-electron chi connectivity index (χ0n) is 15.5. The predicted octanol–water partition coefficient (Wildman–Crippen LogP) is 2.95. The molecule has 0 radical (unpaired) electrons. The third-order valence-corrected chi connectivity index (χ3v) is 4.22. The topological polar surface area (TPSA) is 80.3 Å². The Hall–Kier alpha value is -3.67. The number of carbonyl (C=O) groups is 2. The van der Waals surface area contributed by atoms with Crippen molar-refractivity contribution in [3.8, 4) is 5.75 Å². The van der Waals surface area contributed by atoms with Crippen LogP contribution < -0.4 is 15.4 Å². The number of amides is 2. The summed E-state index contributed by atoms with van der Waals surface area (Å²) in [7, 11) is 1.61. The van der Waals surface area contributed by atoms with E-state index in [1.54, 1.807) is 43.8 Å². The molecule has 0 unspecified atom stereocenters. The molecule has 0 fully saturated rings. The van der Waals surface area contributed by atoms with Crippen LogP contribution in [0.2, 0.25) is 0 Å². The summed E-state index contributed by atoms with van der Waals surface area (Å²) in [5.41, 5.74) is 2.94. The molecule has 2 amide bonds. The van der Waals surface area contributed by atoms with Crippen LogP contribution in [-0.2, 0) is 13.1 Å². The highest BCUT2D eigenvalue weighted by Gasteiger charge is 2.09. The van der Waals surface area contributed by atoms with Gasteiger partial charge in [-0.3, -0.25) is 14.6 Å². The maximum atomic E-state index is 12.3. The minimum absolute atomic E-state index is 0.193. The molecule has 6 nitrogen and oxygen atoms in total. The molecule has 28 heavy (non-hydrogen) atoms. The molecule has 142 valence electrons.